The molecule has 1 aromatic rings. The van der Waals surface area contributed by atoms with Crippen LogP contribution in [-0.4, -0.2) is 28.5 Å². The van der Waals surface area contributed by atoms with Crippen molar-refractivity contribution in [2.75, 3.05) is 6.54 Å². The maximum Gasteiger partial charge on any atom is 0.416 e. The van der Waals surface area contributed by atoms with Crippen molar-refractivity contribution in [1.82, 2.24) is 4.90 Å². The zero-order valence-electron chi connectivity index (χ0n) is 11.9. The number of hydrogen-bond acceptors (Lipinski definition) is 2. The van der Waals surface area contributed by atoms with Gasteiger partial charge in [-0.3, -0.25) is 4.79 Å². The first-order valence-electron chi connectivity index (χ1n) is 7.31. The van der Waals surface area contributed by atoms with Gasteiger partial charge in [0.15, 0.2) is 5.76 Å². The van der Waals surface area contributed by atoms with Crippen LogP contribution in [0.3, 0.4) is 0 Å². The number of aliphatic hydroxyl groups is 1. The van der Waals surface area contributed by atoms with E-state index in [0.29, 0.717) is 17.7 Å². The molecule has 1 saturated heterocycles. The van der Waals surface area contributed by atoms with Crippen molar-refractivity contribution in [3.63, 3.8) is 0 Å². The molecule has 3 rings (SSSR count). The van der Waals surface area contributed by atoms with Crippen LogP contribution in [0.25, 0.3) is 5.57 Å². The first-order chi connectivity index (χ1) is 10.4. The van der Waals surface area contributed by atoms with Gasteiger partial charge in [-0.25, -0.2) is 0 Å². The van der Waals surface area contributed by atoms with E-state index in [-0.39, 0.29) is 11.8 Å². The van der Waals surface area contributed by atoms with Gasteiger partial charge in [-0.2, -0.15) is 13.2 Å². The van der Waals surface area contributed by atoms with Gasteiger partial charge in [0.25, 0.3) is 5.91 Å². The second-order valence-electron chi connectivity index (χ2n) is 5.70. The van der Waals surface area contributed by atoms with Crippen LogP contribution in [0.1, 0.15) is 36.8 Å². The number of benzene rings is 1. The molecule has 0 aromatic heterocycles. The summed E-state index contributed by atoms with van der Waals surface area (Å²) >= 11 is 0. The Labute approximate surface area is 126 Å². The molecule has 1 unspecified atom stereocenters. The molecule has 1 fully saturated rings. The molecule has 0 bridgehead atoms. The molecule has 2 aliphatic heterocycles. The number of hydrogen-bond donors (Lipinski definition) is 1. The molecule has 0 aliphatic carbocycles. The summed E-state index contributed by atoms with van der Waals surface area (Å²) in [5.74, 6) is -0.742. The third-order valence-electron chi connectivity index (χ3n) is 4.33. The molecule has 2 aliphatic rings. The molecule has 0 saturated carbocycles. The lowest BCUT2D eigenvalue weighted by atomic mass is 9.95. The fourth-order valence-electron chi connectivity index (χ4n) is 3.23. The molecule has 22 heavy (non-hydrogen) atoms. The monoisotopic (exact) mass is 311 g/mol. The second-order valence-corrected chi connectivity index (χ2v) is 5.70. The van der Waals surface area contributed by atoms with Crippen LogP contribution < -0.4 is 0 Å². The molecule has 6 heteroatoms. The molecule has 3 nitrogen and oxygen atoms in total. The number of alkyl halides is 3. The van der Waals surface area contributed by atoms with E-state index in [2.05, 4.69) is 0 Å². The topological polar surface area (TPSA) is 40.5 Å². The maximum absolute atomic E-state index is 12.6. The summed E-state index contributed by atoms with van der Waals surface area (Å²) in [6.07, 6.45) is -0.829. The molecule has 1 aromatic carbocycles. The van der Waals surface area contributed by atoms with E-state index in [1.54, 1.807) is 4.90 Å². The fraction of sp³-hybridized carbons (Fsp3) is 0.438. The van der Waals surface area contributed by atoms with Crippen LogP contribution in [0.5, 0.6) is 0 Å². The van der Waals surface area contributed by atoms with Crippen LogP contribution >= 0.6 is 0 Å². The number of nitrogens with zero attached hydrogens (tertiary/aromatic N) is 1. The highest BCUT2D eigenvalue weighted by Crippen LogP contribution is 2.38. The zero-order chi connectivity index (χ0) is 15.9. The van der Waals surface area contributed by atoms with Crippen molar-refractivity contribution in [3.05, 3.63) is 41.2 Å². The minimum atomic E-state index is -4.39. The van der Waals surface area contributed by atoms with E-state index in [1.807, 2.05) is 0 Å². The van der Waals surface area contributed by atoms with Crippen molar-refractivity contribution in [2.24, 2.45) is 0 Å². The van der Waals surface area contributed by atoms with Gasteiger partial charge in [-0.05, 0) is 30.5 Å². The summed E-state index contributed by atoms with van der Waals surface area (Å²) in [5, 5.41) is 10.1. The molecular weight excluding hydrogens is 295 g/mol. The SMILES string of the molecule is O=C1C(O)=C(c2ccc(C(F)(F)F)cc2)C2CCCCCN12. The van der Waals surface area contributed by atoms with Gasteiger partial charge in [-0.15, -0.1) is 0 Å². The van der Waals surface area contributed by atoms with Crippen LogP contribution in [-0.2, 0) is 11.0 Å². The number of fused-ring (bicyclic) bond motifs is 1. The Morgan fingerprint density at radius 2 is 1.77 bits per heavy atom. The van der Waals surface area contributed by atoms with Gasteiger partial charge >= 0.3 is 6.18 Å². The Hall–Kier alpha value is -1.98. The Bertz CT molecular complexity index is 619. The number of rotatable bonds is 1. The van der Waals surface area contributed by atoms with Crippen molar-refractivity contribution in [2.45, 2.75) is 37.9 Å². The molecule has 1 N–H and O–H groups in total. The van der Waals surface area contributed by atoms with Crippen LogP contribution in [0.15, 0.2) is 30.0 Å². The average molecular weight is 311 g/mol. The summed E-state index contributed by atoms with van der Waals surface area (Å²) in [6.45, 7) is 0.581. The molecule has 0 radical (unpaired) electrons. The van der Waals surface area contributed by atoms with E-state index in [0.717, 1.165) is 37.8 Å². The van der Waals surface area contributed by atoms with Crippen LogP contribution in [0.4, 0.5) is 13.2 Å². The van der Waals surface area contributed by atoms with Crippen molar-refractivity contribution < 1.29 is 23.1 Å². The molecule has 0 spiro atoms. The minimum Gasteiger partial charge on any atom is -0.503 e. The van der Waals surface area contributed by atoms with Crippen LogP contribution in [0.2, 0.25) is 0 Å². The smallest absolute Gasteiger partial charge is 0.416 e. The Morgan fingerprint density at radius 1 is 1.09 bits per heavy atom. The zero-order valence-corrected chi connectivity index (χ0v) is 11.9. The normalized spacial score (nSPS) is 22.8. The highest BCUT2D eigenvalue weighted by molar-refractivity contribution is 6.05. The predicted molar refractivity (Wildman–Crippen MR) is 75.0 cm³/mol. The van der Waals surface area contributed by atoms with E-state index < -0.39 is 17.6 Å². The molecule has 1 amide bonds. The molecule has 1 atom stereocenters. The first kappa shape index (κ1) is 14.9. The predicted octanol–water partition coefficient (Wildman–Crippen LogP) is 3.76. The number of aliphatic hydroxyl groups excluding tert-OH is 1. The first-order valence-corrected chi connectivity index (χ1v) is 7.31. The highest BCUT2D eigenvalue weighted by Gasteiger charge is 2.40. The van der Waals surface area contributed by atoms with Crippen molar-refractivity contribution in [3.8, 4) is 0 Å². The standard InChI is InChI=1S/C16H16F3NO2/c17-16(18,19)11-7-5-10(6-8-11)13-12-4-2-1-3-9-20(12)15(22)14(13)21/h5-8,12,21H,1-4,9H2. The third kappa shape index (κ3) is 2.46. The second kappa shape index (κ2) is 5.34. The lowest BCUT2D eigenvalue weighted by Gasteiger charge is -2.24. The fourth-order valence-corrected chi connectivity index (χ4v) is 3.23. The van der Waals surface area contributed by atoms with E-state index in [1.165, 1.54) is 12.1 Å². The minimum absolute atomic E-state index is 0.230. The third-order valence-corrected chi connectivity index (χ3v) is 4.33. The number of carbonyl (C=O) groups is 1. The summed E-state index contributed by atoms with van der Waals surface area (Å²) < 4.78 is 37.9. The quantitative estimate of drug-likeness (QED) is 0.858. The van der Waals surface area contributed by atoms with Gasteiger partial charge in [0.1, 0.15) is 0 Å². The molecule has 2 heterocycles. The number of carbonyl (C=O) groups excluding carboxylic acids is 1. The van der Waals surface area contributed by atoms with Crippen molar-refractivity contribution in [1.29, 1.82) is 0 Å². The lowest BCUT2D eigenvalue weighted by Crippen LogP contribution is -2.34. The van der Waals surface area contributed by atoms with Crippen LogP contribution in [0, 0.1) is 0 Å². The highest BCUT2D eigenvalue weighted by atomic mass is 19.4. The summed E-state index contributed by atoms with van der Waals surface area (Å²) in [4.78, 5) is 13.8. The van der Waals surface area contributed by atoms with Gasteiger partial charge in [0, 0.05) is 12.1 Å². The van der Waals surface area contributed by atoms with Gasteiger partial charge in [-0.1, -0.05) is 25.0 Å². The molecular formula is C16H16F3NO2. The van der Waals surface area contributed by atoms with Gasteiger partial charge in [0.05, 0.1) is 11.6 Å². The largest absolute Gasteiger partial charge is 0.503 e. The average Bonchev–Trinajstić information content (AvgIpc) is 2.65. The van der Waals surface area contributed by atoms with Crippen molar-refractivity contribution >= 4 is 11.5 Å². The maximum atomic E-state index is 12.6. The number of halogens is 3. The van der Waals surface area contributed by atoms with E-state index >= 15 is 0 Å². The Kier molecular flexibility index (Phi) is 3.62. The van der Waals surface area contributed by atoms with Gasteiger partial charge in [0.2, 0.25) is 0 Å². The molecule has 118 valence electrons. The number of amides is 1. The summed E-state index contributed by atoms with van der Waals surface area (Å²) in [5.41, 5.74) is 0.201. The Morgan fingerprint density at radius 3 is 2.41 bits per heavy atom. The lowest BCUT2D eigenvalue weighted by molar-refractivity contribution is -0.137. The Balaban J connectivity index is 1.97. The summed E-state index contributed by atoms with van der Waals surface area (Å²) in [6, 6.07) is 4.40. The van der Waals surface area contributed by atoms with E-state index in [4.69, 9.17) is 0 Å². The summed E-state index contributed by atoms with van der Waals surface area (Å²) in [7, 11) is 0. The van der Waals surface area contributed by atoms with E-state index in [9.17, 15) is 23.1 Å². The van der Waals surface area contributed by atoms with Gasteiger partial charge < -0.3 is 10.0 Å².